The second-order valence-corrected chi connectivity index (χ2v) is 5.66. The first kappa shape index (κ1) is 17.1. The molecule has 1 aromatic carbocycles. The first-order valence-electron chi connectivity index (χ1n) is 6.44. The summed E-state index contributed by atoms with van der Waals surface area (Å²) in [6.45, 7) is 1.92. The van der Waals surface area contributed by atoms with Gasteiger partial charge in [-0.05, 0) is 37.2 Å². The Kier molecular flexibility index (Phi) is 7.19. The molecule has 4 nitrogen and oxygen atoms in total. The molecule has 0 spiro atoms. The van der Waals surface area contributed by atoms with Crippen LogP contribution >= 0.6 is 24.2 Å². The number of amides is 1. The summed E-state index contributed by atoms with van der Waals surface area (Å²) in [5, 5.41) is 3.28. The molecule has 0 bridgehead atoms. The van der Waals surface area contributed by atoms with Crippen LogP contribution in [0.4, 0.5) is 0 Å². The summed E-state index contributed by atoms with van der Waals surface area (Å²) < 4.78 is 5.11. The number of rotatable bonds is 5. The molecule has 6 heteroatoms. The summed E-state index contributed by atoms with van der Waals surface area (Å²) in [6, 6.07) is 8.14. The molecule has 1 unspecified atom stereocenters. The zero-order valence-electron chi connectivity index (χ0n) is 11.8. The van der Waals surface area contributed by atoms with Crippen LogP contribution in [0.2, 0.25) is 0 Å². The van der Waals surface area contributed by atoms with Gasteiger partial charge in [0.05, 0.1) is 12.9 Å². The minimum atomic E-state index is 0. The molecule has 0 radical (unpaired) electrons. The Labute approximate surface area is 130 Å². The van der Waals surface area contributed by atoms with Crippen LogP contribution in [0.25, 0.3) is 0 Å². The van der Waals surface area contributed by atoms with Gasteiger partial charge in [0.1, 0.15) is 5.75 Å². The highest BCUT2D eigenvalue weighted by Gasteiger charge is 2.22. The van der Waals surface area contributed by atoms with E-state index in [-0.39, 0.29) is 18.3 Å². The van der Waals surface area contributed by atoms with Gasteiger partial charge in [-0.3, -0.25) is 4.79 Å². The predicted molar refractivity (Wildman–Crippen MR) is 85.0 cm³/mol. The molecule has 1 N–H and O–H groups in total. The van der Waals surface area contributed by atoms with Gasteiger partial charge < -0.3 is 15.0 Å². The lowest BCUT2D eigenvalue weighted by Crippen LogP contribution is -2.39. The van der Waals surface area contributed by atoms with Crippen LogP contribution in [0.3, 0.4) is 0 Å². The predicted octanol–water partition coefficient (Wildman–Crippen LogP) is 2.03. The van der Waals surface area contributed by atoms with Crippen LogP contribution in [0, 0.1) is 0 Å². The van der Waals surface area contributed by atoms with Crippen molar-refractivity contribution in [2.75, 3.05) is 33.0 Å². The zero-order chi connectivity index (χ0) is 13.7. The van der Waals surface area contributed by atoms with E-state index < -0.39 is 0 Å². The SMILES string of the molecule is COc1ccc(SCC(=O)N(C)C2CCNC2)cc1.Cl. The van der Waals surface area contributed by atoms with Crippen molar-refractivity contribution in [3.63, 3.8) is 0 Å². The van der Waals surface area contributed by atoms with E-state index in [1.54, 1.807) is 18.9 Å². The first-order valence-corrected chi connectivity index (χ1v) is 7.42. The number of benzene rings is 1. The minimum Gasteiger partial charge on any atom is -0.497 e. The van der Waals surface area contributed by atoms with Crippen LogP contribution in [0.1, 0.15) is 6.42 Å². The molecule has 1 aliphatic rings. The van der Waals surface area contributed by atoms with Crippen LogP contribution < -0.4 is 10.1 Å². The Hall–Kier alpha value is -0.910. The average Bonchev–Trinajstić information content (AvgIpc) is 2.98. The normalized spacial score (nSPS) is 17.4. The maximum Gasteiger partial charge on any atom is 0.232 e. The number of carbonyl (C=O) groups excluding carboxylic acids is 1. The van der Waals surface area contributed by atoms with Gasteiger partial charge >= 0.3 is 0 Å². The molecular weight excluding hydrogens is 296 g/mol. The fourth-order valence-electron chi connectivity index (χ4n) is 2.09. The number of halogens is 1. The number of methoxy groups -OCH3 is 1. The molecule has 0 saturated carbocycles. The summed E-state index contributed by atoms with van der Waals surface area (Å²) >= 11 is 1.57. The first-order chi connectivity index (χ1) is 9.20. The Morgan fingerprint density at radius 2 is 2.15 bits per heavy atom. The van der Waals surface area contributed by atoms with Crippen molar-refractivity contribution in [1.29, 1.82) is 0 Å². The minimum absolute atomic E-state index is 0. The number of hydrogen-bond donors (Lipinski definition) is 1. The molecule has 0 aliphatic carbocycles. The highest BCUT2D eigenvalue weighted by molar-refractivity contribution is 8.00. The molecule has 20 heavy (non-hydrogen) atoms. The lowest BCUT2D eigenvalue weighted by atomic mass is 10.2. The van der Waals surface area contributed by atoms with Gasteiger partial charge in [0.2, 0.25) is 5.91 Å². The van der Waals surface area contributed by atoms with E-state index in [2.05, 4.69) is 5.32 Å². The number of carbonyl (C=O) groups is 1. The summed E-state index contributed by atoms with van der Waals surface area (Å²) in [6.07, 6.45) is 1.05. The van der Waals surface area contributed by atoms with E-state index in [9.17, 15) is 4.79 Å². The van der Waals surface area contributed by atoms with Crippen LogP contribution in [0.5, 0.6) is 5.75 Å². The van der Waals surface area contributed by atoms with Gasteiger partial charge in [-0.2, -0.15) is 0 Å². The van der Waals surface area contributed by atoms with E-state index in [1.807, 2.05) is 36.2 Å². The van der Waals surface area contributed by atoms with Crippen LogP contribution in [-0.2, 0) is 4.79 Å². The van der Waals surface area contributed by atoms with Crippen molar-refractivity contribution in [2.45, 2.75) is 17.4 Å². The largest absolute Gasteiger partial charge is 0.497 e. The topological polar surface area (TPSA) is 41.6 Å². The Morgan fingerprint density at radius 3 is 2.70 bits per heavy atom. The third-order valence-corrected chi connectivity index (χ3v) is 4.39. The zero-order valence-corrected chi connectivity index (χ0v) is 13.4. The van der Waals surface area contributed by atoms with E-state index in [1.165, 1.54) is 0 Å². The molecule has 1 aromatic rings. The lowest BCUT2D eigenvalue weighted by Gasteiger charge is -2.23. The fourth-order valence-corrected chi connectivity index (χ4v) is 2.91. The molecule has 2 rings (SSSR count). The monoisotopic (exact) mass is 316 g/mol. The number of ether oxygens (including phenoxy) is 1. The van der Waals surface area contributed by atoms with Crippen molar-refractivity contribution in [3.8, 4) is 5.75 Å². The number of likely N-dealkylation sites (N-methyl/N-ethyl adjacent to an activating group) is 1. The number of hydrogen-bond acceptors (Lipinski definition) is 4. The number of thioether (sulfide) groups is 1. The second kappa shape index (κ2) is 8.39. The maximum atomic E-state index is 12.1. The highest BCUT2D eigenvalue weighted by Crippen LogP contribution is 2.22. The number of nitrogens with zero attached hydrogens (tertiary/aromatic N) is 1. The number of nitrogens with one attached hydrogen (secondary N) is 1. The summed E-state index contributed by atoms with van der Waals surface area (Å²) in [5.74, 6) is 1.51. The average molecular weight is 317 g/mol. The smallest absolute Gasteiger partial charge is 0.232 e. The summed E-state index contributed by atoms with van der Waals surface area (Å²) in [7, 11) is 3.55. The molecular formula is C14H21ClN2O2S. The fraction of sp³-hybridized carbons (Fsp3) is 0.500. The molecule has 1 fully saturated rings. The van der Waals surface area contributed by atoms with Gasteiger partial charge in [-0.15, -0.1) is 24.2 Å². The Morgan fingerprint density at radius 1 is 1.45 bits per heavy atom. The maximum absolute atomic E-state index is 12.1. The van der Waals surface area contributed by atoms with Crippen LogP contribution in [0.15, 0.2) is 29.2 Å². The van der Waals surface area contributed by atoms with Gasteiger partial charge in [0, 0.05) is 24.5 Å². The molecule has 1 atom stereocenters. The van der Waals surface area contributed by atoms with Gasteiger partial charge in [-0.1, -0.05) is 0 Å². The summed E-state index contributed by atoms with van der Waals surface area (Å²) in [5.41, 5.74) is 0. The third kappa shape index (κ3) is 4.58. The van der Waals surface area contributed by atoms with Gasteiger partial charge in [0.15, 0.2) is 0 Å². The molecule has 0 aromatic heterocycles. The van der Waals surface area contributed by atoms with Gasteiger partial charge in [-0.25, -0.2) is 0 Å². The van der Waals surface area contributed by atoms with E-state index in [4.69, 9.17) is 4.74 Å². The van der Waals surface area contributed by atoms with E-state index in [0.717, 1.165) is 30.2 Å². The van der Waals surface area contributed by atoms with Crippen molar-refractivity contribution < 1.29 is 9.53 Å². The van der Waals surface area contributed by atoms with E-state index in [0.29, 0.717) is 11.8 Å². The van der Waals surface area contributed by atoms with Crippen molar-refractivity contribution in [3.05, 3.63) is 24.3 Å². The molecule has 1 aliphatic heterocycles. The highest BCUT2D eigenvalue weighted by atomic mass is 35.5. The van der Waals surface area contributed by atoms with Crippen molar-refractivity contribution in [2.24, 2.45) is 0 Å². The molecule has 112 valence electrons. The van der Waals surface area contributed by atoms with Crippen LogP contribution in [-0.4, -0.2) is 49.8 Å². The third-order valence-electron chi connectivity index (χ3n) is 3.40. The molecule has 1 amide bonds. The van der Waals surface area contributed by atoms with E-state index >= 15 is 0 Å². The summed E-state index contributed by atoms with van der Waals surface area (Å²) in [4.78, 5) is 15.0. The lowest BCUT2D eigenvalue weighted by molar-refractivity contribution is -0.128. The Bertz CT molecular complexity index is 422. The van der Waals surface area contributed by atoms with Gasteiger partial charge in [0.25, 0.3) is 0 Å². The molecule has 1 heterocycles. The quantitative estimate of drug-likeness (QED) is 0.844. The van der Waals surface area contributed by atoms with Crippen molar-refractivity contribution >= 4 is 30.1 Å². The second-order valence-electron chi connectivity index (χ2n) is 4.62. The Balaban J connectivity index is 0.00000200. The molecule has 1 saturated heterocycles. The van der Waals surface area contributed by atoms with Crippen molar-refractivity contribution in [1.82, 2.24) is 10.2 Å². The standard InChI is InChI=1S/C14H20N2O2S.ClH/c1-16(11-7-8-15-9-11)14(17)10-19-13-5-3-12(18-2)4-6-13;/h3-6,11,15H,7-10H2,1-2H3;1H.